The van der Waals surface area contributed by atoms with Crippen molar-refractivity contribution in [3.63, 3.8) is 0 Å². The third-order valence-electron chi connectivity index (χ3n) is 2.34. The van der Waals surface area contributed by atoms with E-state index in [-0.39, 0.29) is 23.9 Å². The summed E-state index contributed by atoms with van der Waals surface area (Å²) in [6.07, 6.45) is 0.365. The molecular formula is C12H13Cl2NO3. The normalized spacial score (nSPS) is 11.9. The summed E-state index contributed by atoms with van der Waals surface area (Å²) in [4.78, 5) is 22.3. The number of carboxylic acid groups (broad SMARTS) is 1. The average Bonchev–Trinajstić information content (AvgIpc) is 2.29. The number of carbonyl (C=O) groups excluding carboxylic acids is 1. The monoisotopic (exact) mass is 289 g/mol. The third-order valence-corrected chi connectivity index (χ3v) is 2.91. The lowest BCUT2D eigenvalue weighted by molar-refractivity contribution is -0.137. The van der Waals surface area contributed by atoms with E-state index in [0.717, 1.165) is 0 Å². The molecule has 1 rings (SSSR count). The quantitative estimate of drug-likeness (QED) is 0.876. The van der Waals surface area contributed by atoms with Gasteiger partial charge in [-0.2, -0.15) is 0 Å². The Labute approximate surface area is 115 Å². The first-order valence-electron chi connectivity index (χ1n) is 5.38. The van der Waals surface area contributed by atoms with Crippen molar-refractivity contribution < 1.29 is 14.7 Å². The van der Waals surface area contributed by atoms with E-state index >= 15 is 0 Å². The second-order valence-electron chi connectivity index (χ2n) is 3.93. The van der Waals surface area contributed by atoms with Crippen LogP contribution >= 0.6 is 23.2 Å². The van der Waals surface area contributed by atoms with Crippen LogP contribution in [0.3, 0.4) is 0 Å². The first-order chi connectivity index (χ1) is 8.40. The molecule has 0 aliphatic carbocycles. The maximum absolute atomic E-state index is 11.9. The molecule has 0 heterocycles. The van der Waals surface area contributed by atoms with E-state index in [4.69, 9.17) is 28.3 Å². The van der Waals surface area contributed by atoms with Crippen LogP contribution in [0.2, 0.25) is 10.0 Å². The molecular weight excluding hydrogens is 277 g/mol. The number of carboxylic acids is 1. The first-order valence-corrected chi connectivity index (χ1v) is 6.13. The number of hydrogen-bond acceptors (Lipinski definition) is 2. The molecule has 4 nitrogen and oxygen atoms in total. The van der Waals surface area contributed by atoms with Gasteiger partial charge in [0.15, 0.2) is 0 Å². The minimum Gasteiger partial charge on any atom is -0.481 e. The lowest BCUT2D eigenvalue weighted by Gasteiger charge is -2.13. The number of hydrogen-bond donors (Lipinski definition) is 2. The number of aliphatic carboxylic acids is 1. The molecule has 0 fully saturated rings. The van der Waals surface area contributed by atoms with E-state index in [1.807, 2.05) is 0 Å². The Bertz CT molecular complexity index is 463. The van der Waals surface area contributed by atoms with E-state index in [1.165, 1.54) is 6.07 Å². The van der Waals surface area contributed by atoms with Crippen molar-refractivity contribution in [2.75, 3.05) is 0 Å². The summed E-state index contributed by atoms with van der Waals surface area (Å²) < 4.78 is 0. The Kier molecular flexibility index (Phi) is 5.44. The highest BCUT2D eigenvalue weighted by atomic mass is 35.5. The fourth-order valence-corrected chi connectivity index (χ4v) is 1.76. The zero-order chi connectivity index (χ0) is 13.7. The summed E-state index contributed by atoms with van der Waals surface area (Å²) in [5, 5.41) is 11.9. The highest BCUT2D eigenvalue weighted by Crippen LogP contribution is 2.20. The summed E-state index contributed by atoms with van der Waals surface area (Å²) in [5.74, 6) is -1.25. The van der Waals surface area contributed by atoms with Crippen LogP contribution in [0.5, 0.6) is 0 Å². The molecule has 0 aliphatic rings. The van der Waals surface area contributed by atoms with Gasteiger partial charge in [-0.15, -0.1) is 0 Å². The van der Waals surface area contributed by atoms with Gasteiger partial charge < -0.3 is 10.4 Å². The van der Waals surface area contributed by atoms with Gasteiger partial charge in [-0.1, -0.05) is 23.2 Å². The van der Waals surface area contributed by atoms with Crippen LogP contribution in [-0.2, 0) is 4.79 Å². The van der Waals surface area contributed by atoms with Gasteiger partial charge in [0.2, 0.25) is 0 Å². The molecule has 0 bridgehead atoms. The summed E-state index contributed by atoms with van der Waals surface area (Å²) in [7, 11) is 0. The van der Waals surface area contributed by atoms with Crippen LogP contribution < -0.4 is 5.32 Å². The van der Waals surface area contributed by atoms with Gasteiger partial charge in [0.1, 0.15) is 0 Å². The predicted molar refractivity (Wildman–Crippen MR) is 70.3 cm³/mol. The molecule has 0 spiro atoms. The van der Waals surface area contributed by atoms with Crippen LogP contribution in [-0.4, -0.2) is 23.0 Å². The lowest BCUT2D eigenvalue weighted by Crippen LogP contribution is -2.33. The molecule has 98 valence electrons. The molecule has 1 aromatic carbocycles. The Morgan fingerprint density at radius 2 is 2.06 bits per heavy atom. The highest BCUT2D eigenvalue weighted by Gasteiger charge is 2.14. The summed E-state index contributed by atoms with van der Waals surface area (Å²) in [5.41, 5.74) is 0.284. The zero-order valence-corrected chi connectivity index (χ0v) is 11.3. The minimum absolute atomic E-state index is 0.00469. The van der Waals surface area contributed by atoms with Gasteiger partial charge in [0, 0.05) is 17.5 Å². The molecule has 1 aromatic rings. The Hall–Kier alpha value is -1.26. The minimum atomic E-state index is -0.892. The van der Waals surface area contributed by atoms with E-state index < -0.39 is 5.97 Å². The average molecular weight is 290 g/mol. The molecule has 6 heteroatoms. The summed E-state index contributed by atoms with van der Waals surface area (Å²) >= 11 is 11.7. The second-order valence-corrected chi connectivity index (χ2v) is 4.77. The number of benzene rings is 1. The maximum Gasteiger partial charge on any atom is 0.303 e. The second kappa shape index (κ2) is 6.61. The zero-order valence-electron chi connectivity index (χ0n) is 9.74. The van der Waals surface area contributed by atoms with Gasteiger partial charge in [0.05, 0.1) is 10.6 Å². The topological polar surface area (TPSA) is 66.4 Å². The Morgan fingerprint density at radius 1 is 1.39 bits per heavy atom. The summed E-state index contributed by atoms with van der Waals surface area (Å²) in [6, 6.07) is 4.36. The van der Waals surface area contributed by atoms with Crippen molar-refractivity contribution in [2.24, 2.45) is 0 Å². The molecule has 0 radical (unpaired) electrons. The van der Waals surface area contributed by atoms with Crippen molar-refractivity contribution in [3.05, 3.63) is 33.8 Å². The number of nitrogens with one attached hydrogen (secondary N) is 1. The van der Waals surface area contributed by atoms with Crippen LogP contribution in [0.1, 0.15) is 30.1 Å². The van der Waals surface area contributed by atoms with Crippen LogP contribution in [0.15, 0.2) is 18.2 Å². The number of amides is 1. The van der Waals surface area contributed by atoms with Crippen LogP contribution in [0.25, 0.3) is 0 Å². The largest absolute Gasteiger partial charge is 0.481 e. The molecule has 0 saturated heterocycles. The van der Waals surface area contributed by atoms with Crippen molar-refractivity contribution in [1.29, 1.82) is 0 Å². The molecule has 1 atom stereocenters. The molecule has 2 N–H and O–H groups in total. The predicted octanol–water partition coefficient (Wildman–Crippen LogP) is 2.98. The summed E-state index contributed by atoms with van der Waals surface area (Å²) in [6.45, 7) is 1.74. The van der Waals surface area contributed by atoms with E-state index in [9.17, 15) is 9.59 Å². The highest BCUT2D eigenvalue weighted by molar-refractivity contribution is 6.35. The van der Waals surface area contributed by atoms with Gasteiger partial charge in [-0.25, -0.2) is 0 Å². The van der Waals surface area contributed by atoms with E-state index in [0.29, 0.717) is 16.5 Å². The Balaban J connectivity index is 2.64. The number of halogens is 2. The lowest BCUT2D eigenvalue weighted by atomic mass is 10.1. The van der Waals surface area contributed by atoms with Gasteiger partial charge in [0.25, 0.3) is 5.91 Å². The standard InChI is InChI=1S/C12H13Cl2NO3/c1-7(2-5-11(16)17)15-12(18)9-6-8(13)3-4-10(9)14/h3-4,6-7H,2,5H2,1H3,(H,15,18)(H,16,17). The van der Waals surface area contributed by atoms with Gasteiger partial charge in [-0.05, 0) is 31.5 Å². The van der Waals surface area contributed by atoms with Crippen molar-refractivity contribution in [2.45, 2.75) is 25.8 Å². The Morgan fingerprint density at radius 3 is 2.67 bits per heavy atom. The number of rotatable bonds is 5. The van der Waals surface area contributed by atoms with Crippen molar-refractivity contribution in [3.8, 4) is 0 Å². The third kappa shape index (κ3) is 4.55. The molecule has 18 heavy (non-hydrogen) atoms. The molecule has 0 aliphatic heterocycles. The SMILES string of the molecule is CC(CCC(=O)O)NC(=O)c1cc(Cl)ccc1Cl. The fourth-order valence-electron chi connectivity index (χ4n) is 1.39. The maximum atomic E-state index is 11.9. The molecule has 1 amide bonds. The van der Waals surface area contributed by atoms with Crippen LogP contribution in [0.4, 0.5) is 0 Å². The van der Waals surface area contributed by atoms with Gasteiger partial charge in [-0.3, -0.25) is 9.59 Å². The molecule has 0 aromatic heterocycles. The van der Waals surface area contributed by atoms with E-state index in [2.05, 4.69) is 5.32 Å². The number of carbonyl (C=O) groups is 2. The van der Waals surface area contributed by atoms with Crippen LogP contribution in [0, 0.1) is 0 Å². The van der Waals surface area contributed by atoms with Crippen molar-refractivity contribution >= 4 is 35.1 Å². The van der Waals surface area contributed by atoms with Gasteiger partial charge >= 0.3 is 5.97 Å². The first kappa shape index (κ1) is 14.8. The van der Waals surface area contributed by atoms with Crippen molar-refractivity contribution in [1.82, 2.24) is 5.32 Å². The fraction of sp³-hybridized carbons (Fsp3) is 0.333. The molecule has 1 unspecified atom stereocenters. The van der Waals surface area contributed by atoms with E-state index in [1.54, 1.807) is 19.1 Å². The molecule has 0 saturated carbocycles. The smallest absolute Gasteiger partial charge is 0.303 e.